The standard InChI is InChI=1S/C6H7N3O3S/c1-2-12-9-4(3-7)5(10)8-6(11)13/h2H2,1H3,(H2,8,10,11,13). The highest BCUT2D eigenvalue weighted by molar-refractivity contribution is 7.96. The Hall–Kier alpha value is -1.55. The van der Waals surface area contributed by atoms with Crippen LogP contribution in [0.3, 0.4) is 0 Å². The third-order valence-electron chi connectivity index (χ3n) is 0.826. The minimum Gasteiger partial charge on any atom is -0.395 e. The number of thiol groups is 1. The summed E-state index contributed by atoms with van der Waals surface area (Å²) in [7, 11) is 0. The van der Waals surface area contributed by atoms with Crippen molar-refractivity contribution in [1.82, 2.24) is 5.32 Å². The van der Waals surface area contributed by atoms with E-state index in [1.807, 2.05) is 0 Å². The van der Waals surface area contributed by atoms with Crippen LogP contribution in [0.2, 0.25) is 0 Å². The molecule has 0 saturated heterocycles. The Morgan fingerprint density at radius 3 is 2.69 bits per heavy atom. The Labute approximate surface area is 79.9 Å². The van der Waals surface area contributed by atoms with Crippen LogP contribution >= 0.6 is 12.6 Å². The van der Waals surface area contributed by atoms with Crippen molar-refractivity contribution in [3.05, 3.63) is 0 Å². The van der Waals surface area contributed by atoms with E-state index < -0.39 is 16.9 Å². The van der Waals surface area contributed by atoms with E-state index in [4.69, 9.17) is 5.26 Å². The van der Waals surface area contributed by atoms with Crippen LogP contribution in [-0.2, 0) is 9.63 Å². The first-order valence-electron chi connectivity index (χ1n) is 3.26. The minimum absolute atomic E-state index is 0.229. The fourth-order valence-corrected chi connectivity index (χ4v) is 0.500. The molecule has 1 N–H and O–H groups in total. The summed E-state index contributed by atoms with van der Waals surface area (Å²) in [5.74, 6) is -0.934. The molecule has 0 aliphatic carbocycles. The number of carbonyl (C=O) groups excluding carboxylic acids is 2. The van der Waals surface area contributed by atoms with Crippen LogP contribution in [0.25, 0.3) is 0 Å². The van der Waals surface area contributed by atoms with Gasteiger partial charge >= 0.3 is 0 Å². The van der Waals surface area contributed by atoms with Gasteiger partial charge in [0.05, 0.1) is 0 Å². The molecule has 0 fully saturated rings. The number of nitrogens with one attached hydrogen (secondary N) is 1. The molecular weight excluding hydrogens is 194 g/mol. The van der Waals surface area contributed by atoms with Crippen LogP contribution in [0, 0.1) is 11.3 Å². The fraction of sp³-hybridized carbons (Fsp3) is 0.333. The zero-order valence-corrected chi connectivity index (χ0v) is 7.67. The molecule has 0 heterocycles. The zero-order chi connectivity index (χ0) is 10.3. The van der Waals surface area contributed by atoms with Crippen molar-refractivity contribution in [2.75, 3.05) is 6.61 Å². The number of hydrogen-bond donors (Lipinski definition) is 2. The first-order chi connectivity index (χ1) is 6.11. The largest absolute Gasteiger partial charge is 0.395 e. The summed E-state index contributed by atoms with van der Waals surface area (Å²) in [5, 5.41) is 12.4. The number of amides is 2. The molecule has 13 heavy (non-hydrogen) atoms. The molecule has 0 unspecified atom stereocenters. The van der Waals surface area contributed by atoms with Crippen LogP contribution in [0.5, 0.6) is 0 Å². The van der Waals surface area contributed by atoms with E-state index >= 15 is 0 Å². The molecule has 7 heteroatoms. The van der Waals surface area contributed by atoms with E-state index in [-0.39, 0.29) is 6.61 Å². The van der Waals surface area contributed by atoms with Gasteiger partial charge < -0.3 is 4.84 Å². The molecular formula is C6H7N3O3S. The summed E-state index contributed by atoms with van der Waals surface area (Å²) in [4.78, 5) is 25.6. The summed E-state index contributed by atoms with van der Waals surface area (Å²) in [5.41, 5.74) is -0.524. The van der Waals surface area contributed by atoms with Crippen molar-refractivity contribution in [3.8, 4) is 6.07 Å². The van der Waals surface area contributed by atoms with E-state index in [9.17, 15) is 9.59 Å². The summed E-state index contributed by atoms with van der Waals surface area (Å²) in [6.07, 6.45) is 0. The van der Waals surface area contributed by atoms with E-state index in [0.717, 1.165) is 0 Å². The number of nitriles is 1. The lowest BCUT2D eigenvalue weighted by molar-refractivity contribution is -0.113. The third-order valence-corrected chi connectivity index (χ3v) is 0.938. The van der Waals surface area contributed by atoms with E-state index in [1.54, 1.807) is 12.2 Å². The number of oxime groups is 1. The Morgan fingerprint density at radius 1 is 1.69 bits per heavy atom. The van der Waals surface area contributed by atoms with Crippen molar-refractivity contribution in [2.24, 2.45) is 5.16 Å². The molecule has 0 rings (SSSR count). The topological polar surface area (TPSA) is 91.5 Å². The monoisotopic (exact) mass is 201 g/mol. The van der Waals surface area contributed by atoms with Crippen molar-refractivity contribution in [2.45, 2.75) is 6.92 Å². The van der Waals surface area contributed by atoms with Crippen LogP contribution in [0.15, 0.2) is 5.16 Å². The highest BCUT2D eigenvalue weighted by atomic mass is 32.1. The molecule has 0 radical (unpaired) electrons. The van der Waals surface area contributed by atoms with Gasteiger partial charge in [0, 0.05) is 0 Å². The fourth-order valence-electron chi connectivity index (χ4n) is 0.398. The van der Waals surface area contributed by atoms with Gasteiger partial charge in [-0.2, -0.15) is 5.26 Å². The van der Waals surface area contributed by atoms with Crippen LogP contribution in [0.4, 0.5) is 4.79 Å². The van der Waals surface area contributed by atoms with Crippen molar-refractivity contribution in [3.63, 3.8) is 0 Å². The van der Waals surface area contributed by atoms with E-state index in [0.29, 0.717) is 0 Å². The van der Waals surface area contributed by atoms with Crippen molar-refractivity contribution in [1.29, 1.82) is 5.26 Å². The van der Waals surface area contributed by atoms with Crippen LogP contribution in [0.1, 0.15) is 6.92 Å². The van der Waals surface area contributed by atoms with Gasteiger partial charge in [-0.15, -0.1) is 0 Å². The second kappa shape index (κ2) is 6.02. The second-order valence-electron chi connectivity index (χ2n) is 1.73. The van der Waals surface area contributed by atoms with Crippen LogP contribution < -0.4 is 5.32 Å². The maximum Gasteiger partial charge on any atom is 0.291 e. The smallest absolute Gasteiger partial charge is 0.291 e. The molecule has 0 aliphatic rings. The average Bonchev–Trinajstić information content (AvgIpc) is 2.04. The molecule has 6 nitrogen and oxygen atoms in total. The molecule has 0 aromatic carbocycles. The minimum atomic E-state index is -0.934. The lowest BCUT2D eigenvalue weighted by Gasteiger charge is -1.96. The van der Waals surface area contributed by atoms with Crippen molar-refractivity contribution < 1.29 is 14.4 Å². The molecule has 0 aromatic rings. The van der Waals surface area contributed by atoms with Crippen LogP contribution in [-0.4, -0.2) is 23.5 Å². The number of imide groups is 1. The summed E-state index contributed by atoms with van der Waals surface area (Å²) < 4.78 is 0. The first kappa shape index (κ1) is 11.4. The molecule has 0 bridgehead atoms. The van der Waals surface area contributed by atoms with Gasteiger partial charge in [-0.25, -0.2) is 0 Å². The predicted molar refractivity (Wildman–Crippen MR) is 47.2 cm³/mol. The van der Waals surface area contributed by atoms with Crippen molar-refractivity contribution >= 4 is 29.5 Å². The van der Waals surface area contributed by atoms with Gasteiger partial charge in [0.15, 0.2) is 0 Å². The quantitative estimate of drug-likeness (QED) is 0.384. The number of hydrogen-bond acceptors (Lipinski definition) is 5. The number of carbonyl (C=O) groups is 2. The molecule has 2 amide bonds. The summed E-state index contributed by atoms with van der Waals surface area (Å²) >= 11 is 3.29. The van der Waals surface area contributed by atoms with Gasteiger partial charge in [0.2, 0.25) is 5.71 Å². The maximum absolute atomic E-state index is 10.9. The van der Waals surface area contributed by atoms with Gasteiger partial charge in [-0.05, 0) is 6.92 Å². The first-order valence-corrected chi connectivity index (χ1v) is 3.70. The average molecular weight is 201 g/mol. The maximum atomic E-state index is 10.9. The molecule has 0 aliphatic heterocycles. The Morgan fingerprint density at radius 2 is 2.31 bits per heavy atom. The van der Waals surface area contributed by atoms with Gasteiger partial charge in [0.25, 0.3) is 11.1 Å². The van der Waals surface area contributed by atoms with Gasteiger partial charge in [0.1, 0.15) is 12.7 Å². The van der Waals surface area contributed by atoms with Gasteiger partial charge in [-0.3, -0.25) is 14.9 Å². The summed E-state index contributed by atoms with van der Waals surface area (Å²) in [6, 6.07) is 1.47. The zero-order valence-electron chi connectivity index (χ0n) is 6.77. The molecule has 0 aromatic heterocycles. The Balaban J connectivity index is 4.34. The Kier molecular flexibility index (Phi) is 5.30. The lowest BCUT2D eigenvalue weighted by Crippen LogP contribution is -2.32. The molecule has 70 valence electrons. The van der Waals surface area contributed by atoms with Gasteiger partial charge in [-0.1, -0.05) is 17.8 Å². The summed E-state index contributed by atoms with van der Waals surface area (Å²) in [6.45, 7) is 1.87. The SMILES string of the molecule is CCON=C(C#N)C(=O)NC(=O)S. The van der Waals surface area contributed by atoms with E-state index in [2.05, 4.69) is 22.6 Å². The highest BCUT2D eigenvalue weighted by Crippen LogP contribution is 1.83. The molecule has 0 spiro atoms. The second-order valence-corrected chi connectivity index (χ2v) is 2.13. The molecule has 0 atom stereocenters. The lowest BCUT2D eigenvalue weighted by atomic mass is 10.4. The van der Waals surface area contributed by atoms with E-state index in [1.165, 1.54) is 6.07 Å². The predicted octanol–water partition coefficient (Wildman–Crippen LogP) is 0.0685. The number of rotatable bonds is 3. The third kappa shape index (κ3) is 4.81. The number of nitrogens with zero attached hydrogens (tertiary/aromatic N) is 2. The molecule has 0 saturated carbocycles. The normalized spacial score (nSPS) is 10.1. The Bertz CT molecular complexity index is 281. The highest BCUT2D eigenvalue weighted by Gasteiger charge is 2.12.